The van der Waals surface area contributed by atoms with Gasteiger partial charge < -0.3 is 14.9 Å². The smallest absolute Gasteiger partial charge is 0.305 e. The standard InChI is InChI=1S/C24H44O4/c1-4-6-11-19(3)22(25)16-14-20-15-17-23(26)21(20)12-9-7-8-10-13-24(27)28-18-5-2/h14,19,21-23,25-26H,4-13,15-18H2,1-3H3/t19?,21-,22?,23-/m1/s1. The van der Waals surface area contributed by atoms with E-state index in [-0.39, 0.29) is 24.1 Å². The number of rotatable bonds is 15. The second-order valence-electron chi connectivity index (χ2n) is 8.59. The number of esters is 1. The van der Waals surface area contributed by atoms with Crippen LogP contribution in [0.15, 0.2) is 11.6 Å². The number of aliphatic hydroxyl groups is 2. The van der Waals surface area contributed by atoms with Crippen LogP contribution in [0.4, 0.5) is 0 Å². The van der Waals surface area contributed by atoms with Crippen molar-refractivity contribution in [1.82, 2.24) is 0 Å². The highest BCUT2D eigenvalue weighted by atomic mass is 16.5. The van der Waals surface area contributed by atoms with Gasteiger partial charge in [0.2, 0.25) is 0 Å². The van der Waals surface area contributed by atoms with Crippen LogP contribution in [0, 0.1) is 11.8 Å². The largest absolute Gasteiger partial charge is 0.466 e. The van der Waals surface area contributed by atoms with Gasteiger partial charge in [0.15, 0.2) is 0 Å². The quantitative estimate of drug-likeness (QED) is 0.216. The van der Waals surface area contributed by atoms with Crippen LogP contribution < -0.4 is 0 Å². The summed E-state index contributed by atoms with van der Waals surface area (Å²) in [5, 5.41) is 20.7. The lowest BCUT2D eigenvalue weighted by Gasteiger charge is -2.19. The van der Waals surface area contributed by atoms with Crippen molar-refractivity contribution in [1.29, 1.82) is 0 Å². The van der Waals surface area contributed by atoms with Gasteiger partial charge in [0.1, 0.15) is 0 Å². The SMILES string of the molecule is CCCCC(C)C(O)CC=C1CC[C@@H](O)[C@@H]1CCCCCCC(=O)OCCC. The average Bonchev–Trinajstić information content (AvgIpc) is 3.04. The summed E-state index contributed by atoms with van der Waals surface area (Å²) in [6, 6.07) is 0. The molecule has 4 heteroatoms. The fourth-order valence-electron chi connectivity index (χ4n) is 4.08. The molecule has 0 aliphatic heterocycles. The topological polar surface area (TPSA) is 66.8 Å². The maximum atomic E-state index is 11.5. The Kier molecular flexibility index (Phi) is 13.5. The van der Waals surface area contributed by atoms with Gasteiger partial charge in [-0.1, -0.05) is 64.5 Å². The van der Waals surface area contributed by atoms with E-state index in [0.717, 1.165) is 57.8 Å². The third kappa shape index (κ3) is 10.1. The molecule has 0 bridgehead atoms. The summed E-state index contributed by atoms with van der Waals surface area (Å²) in [4.78, 5) is 11.5. The van der Waals surface area contributed by atoms with E-state index >= 15 is 0 Å². The molecule has 0 saturated heterocycles. The molecular formula is C24H44O4. The lowest BCUT2D eigenvalue weighted by Crippen LogP contribution is -2.18. The predicted molar refractivity (Wildman–Crippen MR) is 115 cm³/mol. The minimum absolute atomic E-state index is 0.0787. The van der Waals surface area contributed by atoms with Crippen molar-refractivity contribution in [2.45, 2.75) is 116 Å². The summed E-state index contributed by atoms with van der Waals surface area (Å²) >= 11 is 0. The second kappa shape index (κ2) is 15.0. The Morgan fingerprint density at radius 2 is 1.93 bits per heavy atom. The molecule has 0 spiro atoms. The molecule has 1 aliphatic rings. The first kappa shape index (κ1) is 25.2. The van der Waals surface area contributed by atoms with E-state index < -0.39 is 0 Å². The highest BCUT2D eigenvalue weighted by Crippen LogP contribution is 2.36. The first-order valence-corrected chi connectivity index (χ1v) is 11.7. The highest BCUT2D eigenvalue weighted by molar-refractivity contribution is 5.69. The van der Waals surface area contributed by atoms with Crippen LogP contribution in [0.1, 0.15) is 104 Å². The van der Waals surface area contributed by atoms with Gasteiger partial charge in [-0.2, -0.15) is 0 Å². The van der Waals surface area contributed by atoms with Crippen LogP contribution in [0.2, 0.25) is 0 Å². The first-order chi connectivity index (χ1) is 13.5. The molecule has 1 fully saturated rings. The van der Waals surface area contributed by atoms with E-state index in [0.29, 0.717) is 25.4 Å². The van der Waals surface area contributed by atoms with Crippen molar-refractivity contribution >= 4 is 5.97 Å². The Morgan fingerprint density at radius 3 is 2.64 bits per heavy atom. The van der Waals surface area contributed by atoms with E-state index in [1.54, 1.807) is 0 Å². The molecule has 28 heavy (non-hydrogen) atoms. The molecule has 2 unspecified atom stereocenters. The molecule has 4 atom stereocenters. The fraction of sp³-hybridized carbons (Fsp3) is 0.875. The minimum atomic E-state index is -0.273. The summed E-state index contributed by atoms with van der Waals surface area (Å²) < 4.78 is 5.09. The van der Waals surface area contributed by atoms with Crippen LogP contribution in [-0.4, -0.2) is 35.0 Å². The summed E-state index contributed by atoms with van der Waals surface area (Å²) in [6.45, 7) is 6.85. The molecule has 2 N–H and O–H groups in total. The Bertz CT molecular complexity index is 446. The Morgan fingerprint density at radius 1 is 1.18 bits per heavy atom. The van der Waals surface area contributed by atoms with Crippen LogP contribution in [-0.2, 0) is 9.53 Å². The van der Waals surface area contributed by atoms with Crippen molar-refractivity contribution in [3.63, 3.8) is 0 Å². The third-order valence-electron chi connectivity index (χ3n) is 6.07. The monoisotopic (exact) mass is 396 g/mol. The molecule has 1 rings (SSSR count). The number of hydrogen-bond acceptors (Lipinski definition) is 4. The normalized spacial score (nSPS) is 23.1. The maximum absolute atomic E-state index is 11.5. The van der Waals surface area contributed by atoms with E-state index in [1.165, 1.54) is 18.4 Å². The highest BCUT2D eigenvalue weighted by Gasteiger charge is 2.29. The van der Waals surface area contributed by atoms with Crippen LogP contribution in [0.3, 0.4) is 0 Å². The molecule has 0 aromatic heterocycles. The summed E-state index contributed by atoms with van der Waals surface area (Å²) in [6.07, 6.45) is 14.2. The number of unbranched alkanes of at least 4 members (excludes halogenated alkanes) is 4. The van der Waals surface area contributed by atoms with Crippen molar-refractivity contribution in [2.24, 2.45) is 11.8 Å². The second-order valence-corrected chi connectivity index (χ2v) is 8.59. The molecule has 164 valence electrons. The number of hydrogen-bond donors (Lipinski definition) is 2. The third-order valence-corrected chi connectivity index (χ3v) is 6.07. The van der Waals surface area contributed by atoms with E-state index in [9.17, 15) is 15.0 Å². The minimum Gasteiger partial charge on any atom is -0.466 e. The Labute approximate surface area is 172 Å². The van der Waals surface area contributed by atoms with E-state index in [2.05, 4.69) is 19.9 Å². The van der Waals surface area contributed by atoms with Gasteiger partial charge in [-0.3, -0.25) is 4.79 Å². The molecular weight excluding hydrogens is 352 g/mol. The van der Waals surface area contributed by atoms with E-state index in [4.69, 9.17) is 4.74 Å². The van der Waals surface area contributed by atoms with Crippen LogP contribution in [0.25, 0.3) is 0 Å². The van der Waals surface area contributed by atoms with Gasteiger partial charge in [0.25, 0.3) is 0 Å². The first-order valence-electron chi connectivity index (χ1n) is 11.7. The summed E-state index contributed by atoms with van der Waals surface area (Å²) in [5.74, 6) is 0.517. The zero-order valence-electron chi connectivity index (χ0n) is 18.5. The van der Waals surface area contributed by atoms with Crippen molar-refractivity contribution in [3.05, 3.63) is 11.6 Å². The van der Waals surface area contributed by atoms with Crippen LogP contribution in [0.5, 0.6) is 0 Å². The molecule has 0 heterocycles. The molecule has 1 saturated carbocycles. The molecule has 0 amide bonds. The van der Waals surface area contributed by atoms with E-state index in [1.807, 2.05) is 6.92 Å². The van der Waals surface area contributed by atoms with Gasteiger partial charge in [0.05, 0.1) is 18.8 Å². The lowest BCUT2D eigenvalue weighted by molar-refractivity contribution is -0.143. The number of ether oxygens (including phenoxy) is 1. The molecule has 0 radical (unpaired) electrons. The zero-order chi connectivity index (χ0) is 20.8. The summed E-state index contributed by atoms with van der Waals surface area (Å²) in [5.41, 5.74) is 1.34. The Hall–Kier alpha value is -0.870. The van der Waals surface area contributed by atoms with Crippen LogP contribution >= 0.6 is 0 Å². The molecule has 0 aromatic carbocycles. The molecule has 0 aromatic rings. The van der Waals surface area contributed by atoms with Crippen molar-refractivity contribution in [2.75, 3.05) is 6.61 Å². The van der Waals surface area contributed by atoms with Gasteiger partial charge >= 0.3 is 5.97 Å². The number of aliphatic hydroxyl groups excluding tert-OH is 2. The fourth-order valence-corrected chi connectivity index (χ4v) is 4.08. The zero-order valence-corrected chi connectivity index (χ0v) is 18.5. The van der Waals surface area contributed by atoms with Gasteiger partial charge in [-0.05, 0) is 50.9 Å². The molecule has 4 nitrogen and oxygen atoms in total. The Balaban J connectivity index is 2.28. The molecule has 1 aliphatic carbocycles. The van der Waals surface area contributed by atoms with Gasteiger partial charge in [0, 0.05) is 12.3 Å². The van der Waals surface area contributed by atoms with Crippen molar-refractivity contribution < 1.29 is 19.7 Å². The number of carbonyl (C=O) groups excluding carboxylic acids is 1. The lowest BCUT2D eigenvalue weighted by atomic mass is 9.91. The number of carbonyl (C=O) groups is 1. The summed E-state index contributed by atoms with van der Waals surface area (Å²) in [7, 11) is 0. The van der Waals surface area contributed by atoms with Gasteiger partial charge in [-0.25, -0.2) is 0 Å². The predicted octanol–water partition coefficient (Wildman–Crippen LogP) is 5.55. The van der Waals surface area contributed by atoms with Gasteiger partial charge in [-0.15, -0.1) is 0 Å². The average molecular weight is 397 g/mol. The van der Waals surface area contributed by atoms with Crippen molar-refractivity contribution in [3.8, 4) is 0 Å². The maximum Gasteiger partial charge on any atom is 0.305 e.